The quantitative estimate of drug-likeness (QED) is 0.238. The summed E-state index contributed by atoms with van der Waals surface area (Å²) in [7, 11) is 1.99. The summed E-state index contributed by atoms with van der Waals surface area (Å²) in [6.07, 6.45) is 3.54. The van der Waals surface area contributed by atoms with E-state index in [4.69, 9.17) is 18.6 Å². The summed E-state index contributed by atoms with van der Waals surface area (Å²) in [6, 6.07) is 25.1. The van der Waals surface area contributed by atoms with Crippen LogP contribution in [-0.4, -0.2) is 36.3 Å². The molecule has 5 nitrogen and oxygen atoms in total. The van der Waals surface area contributed by atoms with Crippen molar-refractivity contribution < 1.29 is 18.6 Å². The van der Waals surface area contributed by atoms with Crippen LogP contribution in [0.1, 0.15) is 45.6 Å². The standard InChI is InChI=1S/C31H40O5Si/c1-31(2,3)37(25-17-11-7-12-18-25,26-19-13-8-14-20-26)36-23-15-9-10-16-24-21-22-27(33-4)30(35-6)28(32)29(24)34-5/h7-8,11-14,17-22H,9-10,15-16,23H2,1-6H3. The molecule has 3 rings (SSSR count). The molecule has 0 N–H and O–H groups in total. The van der Waals surface area contributed by atoms with Crippen LogP contribution in [0.4, 0.5) is 0 Å². The van der Waals surface area contributed by atoms with Gasteiger partial charge in [0.15, 0.2) is 11.5 Å². The summed E-state index contributed by atoms with van der Waals surface area (Å²) < 4.78 is 23.1. The lowest BCUT2D eigenvalue weighted by Crippen LogP contribution is -2.66. The van der Waals surface area contributed by atoms with Gasteiger partial charge in [-0.2, -0.15) is 0 Å². The van der Waals surface area contributed by atoms with Crippen molar-refractivity contribution in [1.29, 1.82) is 0 Å². The Kier molecular flexibility index (Phi) is 9.95. The van der Waals surface area contributed by atoms with E-state index >= 15 is 0 Å². The molecule has 3 aromatic carbocycles. The Bertz CT molecular complexity index is 1150. The van der Waals surface area contributed by atoms with Gasteiger partial charge in [0.2, 0.25) is 5.75 Å². The molecule has 0 heterocycles. The maximum atomic E-state index is 12.9. The fraction of sp³-hybridized carbons (Fsp3) is 0.387. The number of hydrogen-bond acceptors (Lipinski definition) is 5. The van der Waals surface area contributed by atoms with Gasteiger partial charge < -0.3 is 18.6 Å². The molecule has 0 saturated heterocycles. The average molecular weight is 521 g/mol. The van der Waals surface area contributed by atoms with Crippen LogP contribution in [0.15, 0.2) is 77.6 Å². The zero-order chi connectivity index (χ0) is 26.9. The minimum absolute atomic E-state index is 0.0372. The second kappa shape index (κ2) is 12.9. The van der Waals surface area contributed by atoms with Crippen LogP contribution in [0.25, 0.3) is 0 Å². The fourth-order valence-corrected chi connectivity index (χ4v) is 9.65. The Morgan fingerprint density at radius 3 is 1.73 bits per heavy atom. The van der Waals surface area contributed by atoms with Crippen molar-refractivity contribution in [1.82, 2.24) is 0 Å². The third-order valence-corrected chi connectivity index (χ3v) is 11.9. The summed E-state index contributed by atoms with van der Waals surface area (Å²) in [5.74, 6) is 0.865. The summed E-state index contributed by atoms with van der Waals surface area (Å²) in [6.45, 7) is 7.57. The summed E-state index contributed by atoms with van der Waals surface area (Å²) in [4.78, 5) is 12.9. The lowest BCUT2D eigenvalue weighted by atomic mass is 10.1. The van der Waals surface area contributed by atoms with Gasteiger partial charge in [-0.05, 0) is 46.3 Å². The predicted octanol–water partition coefficient (Wildman–Crippen LogP) is 5.36. The SMILES string of the molecule is COc1ccc(CCCCCO[Si](c2ccccc2)(c2ccccc2)C(C)(C)C)c(OC)c(=O)c1OC. The molecular formula is C31H40O5Si. The number of ether oxygens (including phenoxy) is 3. The molecule has 0 bridgehead atoms. The van der Waals surface area contributed by atoms with Gasteiger partial charge in [-0.3, -0.25) is 4.79 Å². The second-order valence-corrected chi connectivity index (χ2v) is 14.5. The molecule has 0 aliphatic rings. The van der Waals surface area contributed by atoms with E-state index in [1.807, 2.05) is 6.07 Å². The predicted molar refractivity (Wildman–Crippen MR) is 153 cm³/mol. The van der Waals surface area contributed by atoms with Crippen molar-refractivity contribution in [3.05, 3.63) is 88.6 Å². The summed E-state index contributed by atoms with van der Waals surface area (Å²) >= 11 is 0. The Labute approximate surface area is 222 Å². The van der Waals surface area contributed by atoms with Gasteiger partial charge in [-0.1, -0.05) is 93.9 Å². The maximum absolute atomic E-state index is 12.9. The molecule has 0 aromatic heterocycles. The highest BCUT2D eigenvalue weighted by Gasteiger charge is 2.49. The number of methoxy groups -OCH3 is 3. The molecule has 0 radical (unpaired) electrons. The number of benzene rings is 2. The van der Waals surface area contributed by atoms with Crippen molar-refractivity contribution in [2.24, 2.45) is 0 Å². The van der Waals surface area contributed by atoms with Crippen LogP contribution in [-0.2, 0) is 10.8 Å². The first kappa shape index (κ1) is 28.5. The fourth-order valence-electron chi connectivity index (χ4n) is 5.04. The van der Waals surface area contributed by atoms with Crippen LogP contribution in [0, 0.1) is 0 Å². The highest BCUT2D eigenvalue weighted by Crippen LogP contribution is 2.37. The number of hydrogen-bond donors (Lipinski definition) is 0. The second-order valence-electron chi connectivity index (χ2n) is 10.1. The molecule has 198 valence electrons. The average Bonchev–Trinajstić information content (AvgIpc) is 3.03. The molecule has 0 aliphatic heterocycles. The molecule has 0 atom stereocenters. The first-order valence-corrected chi connectivity index (χ1v) is 14.8. The van der Waals surface area contributed by atoms with E-state index in [0.717, 1.165) is 31.2 Å². The Hall–Kier alpha value is -3.09. The first-order chi connectivity index (χ1) is 17.8. The number of unbranched alkanes of at least 4 members (excludes halogenated alkanes) is 2. The van der Waals surface area contributed by atoms with E-state index in [-0.39, 0.29) is 16.2 Å². The molecule has 6 heteroatoms. The van der Waals surface area contributed by atoms with E-state index in [1.165, 1.54) is 31.7 Å². The summed E-state index contributed by atoms with van der Waals surface area (Å²) in [5.41, 5.74) is 0.555. The van der Waals surface area contributed by atoms with Crippen molar-refractivity contribution in [2.75, 3.05) is 27.9 Å². The topological polar surface area (TPSA) is 54.0 Å². The highest BCUT2D eigenvalue weighted by molar-refractivity contribution is 6.99. The van der Waals surface area contributed by atoms with Crippen LogP contribution < -0.4 is 30.0 Å². The zero-order valence-corrected chi connectivity index (χ0v) is 24.0. The van der Waals surface area contributed by atoms with Crippen LogP contribution in [0.5, 0.6) is 17.2 Å². The number of rotatable bonds is 12. The van der Waals surface area contributed by atoms with Crippen molar-refractivity contribution in [3.8, 4) is 17.2 Å². The van der Waals surface area contributed by atoms with Crippen molar-refractivity contribution >= 4 is 18.7 Å². The molecule has 0 saturated carbocycles. The van der Waals surface area contributed by atoms with Crippen LogP contribution in [0.3, 0.4) is 0 Å². The van der Waals surface area contributed by atoms with Crippen molar-refractivity contribution in [3.63, 3.8) is 0 Å². The van der Waals surface area contributed by atoms with E-state index in [2.05, 4.69) is 81.4 Å². The Balaban J connectivity index is 1.74. The lowest BCUT2D eigenvalue weighted by Gasteiger charge is -2.43. The smallest absolute Gasteiger partial charge is 0.266 e. The van der Waals surface area contributed by atoms with Crippen molar-refractivity contribution in [2.45, 2.75) is 51.5 Å². The largest absolute Gasteiger partial charge is 0.493 e. The minimum Gasteiger partial charge on any atom is -0.493 e. The highest BCUT2D eigenvalue weighted by atomic mass is 28.4. The zero-order valence-electron chi connectivity index (χ0n) is 23.0. The monoisotopic (exact) mass is 520 g/mol. The minimum atomic E-state index is -2.52. The molecule has 3 aromatic rings. The third kappa shape index (κ3) is 6.25. The summed E-state index contributed by atoms with van der Waals surface area (Å²) in [5, 5.41) is 2.55. The van der Waals surface area contributed by atoms with Gasteiger partial charge in [0.1, 0.15) is 0 Å². The van der Waals surface area contributed by atoms with Gasteiger partial charge in [0.05, 0.1) is 21.3 Å². The van der Waals surface area contributed by atoms with Gasteiger partial charge in [-0.25, -0.2) is 0 Å². The molecule has 0 amide bonds. The van der Waals surface area contributed by atoms with Gasteiger partial charge in [0.25, 0.3) is 13.7 Å². The first-order valence-electron chi connectivity index (χ1n) is 12.9. The molecule has 0 fully saturated rings. The number of aryl methyl sites for hydroxylation is 1. The maximum Gasteiger partial charge on any atom is 0.266 e. The van der Waals surface area contributed by atoms with Gasteiger partial charge in [0, 0.05) is 6.61 Å². The van der Waals surface area contributed by atoms with E-state index in [9.17, 15) is 4.79 Å². The normalized spacial score (nSPS) is 11.7. The molecule has 0 spiro atoms. The Morgan fingerprint density at radius 1 is 0.676 bits per heavy atom. The lowest BCUT2D eigenvalue weighted by molar-refractivity contribution is 0.287. The molecule has 0 unspecified atom stereocenters. The molecular weight excluding hydrogens is 480 g/mol. The van der Waals surface area contributed by atoms with E-state index < -0.39 is 8.32 Å². The van der Waals surface area contributed by atoms with Crippen LogP contribution in [0.2, 0.25) is 5.04 Å². The third-order valence-electron chi connectivity index (χ3n) is 6.82. The Morgan fingerprint density at radius 2 is 1.24 bits per heavy atom. The van der Waals surface area contributed by atoms with Gasteiger partial charge in [-0.15, -0.1) is 0 Å². The molecule has 0 aliphatic carbocycles. The van der Waals surface area contributed by atoms with Crippen LogP contribution >= 0.6 is 0 Å². The van der Waals surface area contributed by atoms with Gasteiger partial charge >= 0.3 is 0 Å². The van der Waals surface area contributed by atoms with E-state index in [0.29, 0.717) is 18.1 Å². The van der Waals surface area contributed by atoms with E-state index in [1.54, 1.807) is 6.07 Å². The molecule has 37 heavy (non-hydrogen) atoms.